The molecule has 3 aromatic carbocycles. The first-order chi connectivity index (χ1) is 16.7. The molecule has 0 aliphatic carbocycles. The first kappa shape index (κ1) is 23.6. The zero-order valence-electron chi connectivity index (χ0n) is 18.3. The standard InChI is InChI=1S/C24H19N3O7S/c1-27-22(29)19-12-9-17(13-20(19)23(27)30)25-21(28)14-34-24(31)15-7-10-18(11-8-15)35(32,33)26-16-5-3-2-4-6-16/h2-13,26H,14H2,1H3,(H,25,28). The summed E-state index contributed by atoms with van der Waals surface area (Å²) in [6.07, 6.45) is 0. The minimum atomic E-state index is -3.85. The average Bonchev–Trinajstić information content (AvgIpc) is 3.06. The van der Waals surface area contributed by atoms with Crippen molar-refractivity contribution in [1.29, 1.82) is 0 Å². The Labute approximate surface area is 200 Å². The minimum absolute atomic E-state index is 0.0501. The van der Waals surface area contributed by atoms with E-state index in [1.807, 2.05) is 0 Å². The van der Waals surface area contributed by atoms with Crippen LogP contribution in [0.15, 0.2) is 77.7 Å². The van der Waals surface area contributed by atoms with Crippen LogP contribution in [0.1, 0.15) is 31.1 Å². The fourth-order valence-electron chi connectivity index (χ4n) is 3.34. The number of nitrogens with one attached hydrogen (secondary N) is 2. The molecule has 1 heterocycles. The summed E-state index contributed by atoms with van der Waals surface area (Å²) in [6, 6.07) is 17.7. The monoisotopic (exact) mass is 493 g/mol. The third-order valence-corrected chi connectivity index (χ3v) is 6.53. The maximum absolute atomic E-state index is 12.5. The van der Waals surface area contributed by atoms with Gasteiger partial charge in [0, 0.05) is 18.4 Å². The molecule has 11 heteroatoms. The van der Waals surface area contributed by atoms with Crippen LogP contribution in [0.25, 0.3) is 0 Å². The van der Waals surface area contributed by atoms with E-state index in [-0.39, 0.29) is 27.3 Å². The van der Waals surface area contributed by atoms with Crippen LogP contribution >= 0.6 is 0 Å². The highest BCUT2D eigenvalue weighted by Crippen LogP contribution is 2.24. The Morgan fingerprint density at radius 3 is 2.20 bits per heavy atom. The van der Waals surface area contributed by atoms with Gasteiger partial charge in [-0.3, -0.25) is 24.0 Å². The van der Waals surface area contributed by atoms with Crippen LogP contribution in [0.4, 0.5) is 11.4 Å². The summed E-state index contributed by atoms with van der Waals surface area (Å²) in [5, 5.41) is 2.50. The Hall–Kier alpha value is -4.51. The molecule has 0 aromatic heterocycles. The lowest BCUT2D eigenvalue weighted by Crippen LogP contribution is -2.24. The van der Waals surface area contributed by atoms with Gasteiger partial charge in [0.15, 0.2) is 6.61 Å². The summed E-state index contributed by atoms with van der Waals surface area (Å²) in [7, 11) is -2.48. The molecule has 0 bridgehead atoms. The van der Waals surface area contributed by atoms with E-state index in [1.54, 1.807) is 30.3 Å². The number of amides is 3. The van der Waals surface area contributed by atoms with E-state index in [2.05, 4.69) is 10.0 Å². The molecule has 3 amide bonds. The number of para-hydroxylation sites is 1. The number of sulfonamides is 1. The molecule has 10 nitrogen and oxygen atoms in total. The van der Waals surface area contributed by atoms with Crippen molar-refractivity contribution in [2.45, 2.75) is 4.90 Å². The van der Waals surface area contributed by atoms with Crippen molar-refractivity contribution >= 4 is 45.1 Å². The maximum atomic E-state index is 12.5. The molecule has 35 heavy (non-hydrogen) atoms. The van der Waals surface area contributed by atoms with Crippen LogP contribution in [0.3, 0.4) is 0 Å². The van der Waals surface area contributed by atoms with Crippen molar-refractivity contribution in [1.82, 2.24) is 4.90 Å². The lowest BCUT2D eigenvalue weighted by molar-refractivity contribution is -0.119. The van der Waals surface area contributed by atoms with E-state index in [1.165, 1.54) is 49.5 Å². The highest BCUT2D eigenvalue weighted by Gasteiger charge is 2.32. The van der Waals surface area contributed by atoms with Gasteiger partial charge >= 0.3 is 5.97 Å². The first-order valence-electron chi connectivity index (χ1n) is 10.3. The zero-order chi connectivity index (χ0) is 25.2. The first-order valence-corrected chi connectivity index (χ1v) is 11.8. The Morgan fingerprint density at radius 2 is 1.51 bits per heavy atom. The predicted molar refractivity (Wildman–Crippen MR) is 125 cm³/mol. The largest absolute Gasteiger partial charge is 0.452 e. The van der Waals surface area contributed by atoms with Gasteiger partial charge in [0.2, 0.25) is 0 Å². The second-order valence-electron chi connectivity index (χ2n) is 7.55. The molecule has 4 rings (SSSR count). The van der Waals surface area contributed by atoms with Crippen LogP contribution in [0.2, 0.25) is 0 Å². The fraction of sp³-hybridized carbons (Fsp3) is 0.0833. The number of ether oxygens (including phenoxy) is 1. The Balaban J connectivity index is 1.34. The summed E-state index contributed by atoms with van der Waals surface area (Å²) in [5.41, 5.74) is 1.13. The molecule has 178 valence electrons. The maximum Gasteiger partial charge on any atom is 0.338 e. The number of esters is 1. The van der Waals surface area contributed by atoms with Crippen LogP contribution in [-0.2, 0) is 19.6 Å². The minimum Gasteiger partial charge on any atom is -0.452 e. The Kier molecular flexibility index (Phi) is 6.34. The summed E-state index contributed by atoms with van der Waals surface area (Å²) in [5.74, 6) is -2.38. The van der Waals surface area contributed by atoms with E-state index < -0.39 is 40.3 Å². The summed E-state index contributed by atoms with van der Waals surface area (Å²) >= 11 is 0. The van der Waals surface area contributed by atoms with Crippen LogP contribution in [0.5, 0.6) is 0 Å². The molecule has 0 spiro atoms. The highest BCUT2D eigenvalue weighted by molar-refractivity contribution is 7.92. The van der Waals surface area contributed by atoms with Gasteiger partial charge in [-0.2, -0.15) is 0 Å². The lowest BCUT2D eigenvalue weighted by Gasteiger charge is -2.09. The number of carbonyl (C=O) groups excluding carboxylic acids is 4. The molecule has 0 fully saturated rings. The number of imide groups is 1. The average molecular weight is 493 g/mol. The summed E-state index contributed by atoms with van der Waals surface area (Å²) in [6.45, 7) is -0.613. The number of nitrogens with zero attached hydrogens (tertiary/aromatic N) is 1. The van der Waals surface area contributed by atoms with Crippen molar-refractivity contribution in [2.24, 2.45) is 0 Å². The van der Waals surface area contributed by atoms with Crippen molar-refractivity contribution in [3.8, 4) is 0 Å². The van der Waals surface area contributed by atoms with Gasteiger partial charge in [0.25, 0.3) is 27.7 Å². The highest BCUT2D eigenvalue weighted by atomic mass is 32.2. The number of carbonyl (C=O) groups is 4. The van der Waals surface area contributed by atoms with Crippen molar-refractivity contribution in [3.05, 3.63) is 89.5 Å². The summed E-state index contributed by atoms with van der Waals surface area (Å²) in [4.78, 5) is 49.4. The molecule has 1 aliphatic rings. The summed E-state index contributed by atoms with van der Waals surface area (Å²) < 4.78 is 32.4. The number of rotatable bonds is 7. The third-order valence-electron chi connectivity index (χ3n) is 5.13. The predicted octanol–water partition coefficient (Wildman–Crippen LogP) is 2.51. The third kappa shape index (κ3) is 5.04. The van der Waals surface area contributed by atoms with Gasteiger partial charge in [0.05, 0.1) is 21.6 Å². The molecule has 0 radical (unpaired) electrons. The molecule has 3 aromatic rings. The fourth-order valence-corrected chi connectivity index (χ4v) is 4.40. The van der Waals surface area contributed by atoms with Gasteiger partial charge in [-0.05, 0) is 54.6 Å². The molecular weight excluding hydrogens is 474 g/mol. The quantitative estimate of drug-likeness (QED) is 0.381. The number of anilines is 2. The van der Waals surface area contributed by atoms with Crippen molar-refractivity contribution in [2.75, 3.05) is 23.7 Å². The number of hydrogen-bond donors (Lipinski definition) is 2. The van der Waals surface area contributed by atoms with Gasteiger partial charge in [-0.1, -0.05) is 18.2 Å². The van der Waals surface area contributed by atoms with Crippen LogP contribution < -0.4 is 10.0 Å². The molecule has 0 saturated carbocycles. The molecule has 0 saturated heterocycles. The Bertz CT molecular complexity index is 1440. The lowest BCUT2D eigenvalue weighted by atomic mass is 10.1. The molecule has 0 atom stereocenters. The van der Waals surface area contributed by atoms with Crippen LogP contribution in [-0.4, -0.2) is 50.7 Å². The number of fused-ring (bicyclic) bond motifs is 1. The second kappa shape index (κ2) is 9.39. The van der Waals surface area contributed by atoms with Gasteiger partial charge < -0.3 is 10.1 Å². The van der Waals surface area contributed by atoms with Crippen molar-refractivity contribution < 1.29 is 32.3 Å². The zero-order valence-corrected chi connectivity index (χ0v) is 19.2. The van der Waals surface area contributed by atoms with Crippen molar-refractivity contribution in [3.63, 3.8) is 0 Å². The van der Waals surface area contributed by atoms with E-state index in [0.29, 0.717) is 5.69 Å². The van der Waals surface area contributed by atoms with E-state index >= 15 is 0 Å². The van der Waals surface area contributed by atoms with Gasteiger partial charge in [0.1, 0.15) is 0 Å². The smallest absolute Gasteiger partial charge is 0.338 e. The topological polar surface area (TPSA) is 139 Å². The van der Waals surface area contributed by atoms with E-state index in [4.69, 9.17) is 4.74 Å². The van der Waals surface area contributed by atoms with E-state index in [0.717, 1.165) is 4.90 Å². The van der Waals surface area contributed by atoms with E-state index in [9.17, 15) is 27.6 Å². The number of hydrogen-bond acceptors (Lipinski definition) is 7. The molecular formula is C24H19N3O7S. The molecule has 1 aliphatic heterocycles. The Morgan fingerprint density at radius 1 is 0.857 bits per heavy atom. The second-order valence-corrected chi connectivity index (χ2v) is 9.23. The molecule has 2 N–H and O–H groups in total. The molecule has 0 unspecified atom stereocenters. The van der Waals surface area contributed by atoms with Gasteiger partial charge in [-0.25, -0.2) is 13.2 Å². The number of benzene rings is 3. The normalized spacial score (nSPS) is 12.8. The van der Waals surface area contributed by atoms with Crippen LogP contribution in [0, 0.1) is 0 Å². The SMILES string of the molecule is CN1C(=O)c2ccc(NC(=O)COC(=O)c3ccc(S(=O)(=O)Nc4ccccc4)cc3)cc2C1=O. The van der Waals surface area contributed by atoms with Gasteiger partial charge in [-0.15, -0.1) is 0 Å².